The summed E-state index contributed by atoms with van der Waals surface area (Å²) in [4.78, 5) is 0. The zero-order chi connectivity index (χ0) is 80.3. The van der Waals surface area contributed by atoms with Gasteiger partial charge in [-0.25, -0.2) is 0 Å². The Bertz CT molecular complexity index is 2560. The van der Waals surface area contributed by atoms with E-state index in [1.165, 1.54) is 0 Å². The van der Waals surface area contributed by atoms with E-state index in [0.29, 0.717) is 0 Å². The minimum atomic E-state index is -2.90. The summed E-state index contributed by atoms with van der Waals surface area (Å²) < 4.78 is 169. The molecule has 100 heavy (non-hydrogen) atoms. The van der Waals surface area contributed by atoms with E-state index in [0.717, 1.165) is 0 Å². The third-order valence-electron chi connectivity index (χ3n) is 11.8. The highest BCUT2D eigenvalue weighted by Crippen LogP contribution is 2.36. The Kier molecular flexibility index (Phi) is 37.7. The maximum absolute atomic E-state index is 6.99. The summed E-state index contributed by atoms with van der Waals surface area (Å²) in [5.74, 6) is 0. The second kappa shape index (κ2) is 36.1. The van der Waals surface area contributed by atoms with Gasteiger partial charge in [0.1, 0.15) is 0 Å². The summed E-state index contributed by atoms with van der Waals surface area (Å²) in [7, 11) is -67.1. The van der Waals surface area contributed by atoms with Crippen LogP contribution in [0.4, 0.5) is 0 Å². The first-order chi connectivity index (χ1) is 42.9. The Morgan fingerprint density at radius 1 is 0.120 bits per heavy atom. The average molecular weight is 1860 g/mol. The van der Waals surface area contributed by atoms with Gasteiger partial charge >= 0.3 is 197 Å². The van der Waals surface area contributed by atoms with E-state index in [1.807, 2.05) is 65.5 Å². The highest BCUT2D eigenvalue weighted by molar-refractivity contribution is 6.97. The Morgan fingerprint density at radius 3 is 0.300 bits per heavy atom. The van der Waals surface area contributed by atoms with Gasteiger partial charge in [-0.15, -0.1) is 0 Å². The molecule has 25 nitrogen and oxygen atoms in total. The molecule has 0 aliphatic heterocycles. The van der Waals surface area contributed by atoms with Gasteiger partial charge < -0.3 is 94.6 Å². The summed E-state index contributed by atoms with van der Waals surface area (Å²) in [6.45, 7) is 103. The van der Waals surface area contributed by atoms with E-state index < -0.39 is 215 Å². The van der Waals surface area contributed by atoms with E-state index in [-0.39, 0.29) is 0 Å². The zero-order valence-corrected chi connectivity index (χ0v) is 98.2. The summed E-state index contributed by atoms with van der Waals surface area (Å²) >= 11 is 0. The van der Waals surface area contributed by atoms with Gasteiger partial charge in [-0.05, 0) is 327 Å². The predicted molar refractivity (Wildman–Crippen MR) is 467 cm³/mol. The van der Waals surface area contributed by atoms with Gasteiger partial charge in [0.2, 0.25) is 9.04 Å². The average Bonchev–Trinajstić information content (AvgIpc) is 0.810. The summed E-state index contributed by atoms with van der Waals surface area (Å²) in [5.41, 5.74) is 0. The minimum Gasteiger partial charge on any atom is -0.440 e. The van der Waals surface area contributed by atoms with Crippen LogP contribution in [0.2, 0.25) is 327 Å². The molecule has 0 unspecified atom stereocenters. The van der Waals surface area contributed by atoms with Crippen molar-refractivity contribution in [1.82, 2.24) is 0 Å². The maximum atomic E-state index is 6.99. The molecule has 0 N–H and O–H groups in total. The minimum absolute atomic E-state index is 1.28. The first-order valence-corrected chi connectivity index (χ1v) is 106. The molecule has 602 valence electrons. The summed E-state index contributed by atoms with van der Waals surface area (Å²) in [5, 5.41) is 0. The van der Waals surface area contributed by atoms with Gasteiger partial charge in [0.05, 0.1) is 0 Å². The molecule has 0 aromatic carbocycles. The topological polar surface area (TPSA) is 231 Å². The molecule has 0 saturated carbocycles. The second-order valence-electron chi connectivity index (χ2n) is 36.8. The fourth-order valence-corrected chi connectivity index (χ4v) is 137. The molecule has 50 heteroatoms. The number of hydrogen-bond acceptors (Lipinski definition) is 25. The lowest BCUT2D eigenvalue weighted by Crippen LogP contribution is -2.63. The van der Waals surface area contributed by atoms with E-state index in [1.54, 1.807) is 0 Å². The van der Waals surface area contributed by atoms with Crippen LogP contribution in [-0.2, 0) is 104 Å². The first-order valence-electron chi connectivity index (χ1n) is 35.3. The third-order valence-corrected chi connectivity index (χ3v) is 104. The normalized spacial score (nSPS) is 16.1. The second-order valence-corrected chi connectivity index (χ2v) is 125. The molecule has 0 amide bonds. The zero-order valence-electron chi connectivity index (χ0n) is 72.9. The van der Waals surface area contributed by atoms with E-state index >= 15 is 0 Å². The van der Waals surface area contributed by atoms with E-state index in [9.17, 15) is 0 Å². The van der Waals surface area contributed by atoms with Crippen LogP contribution >= 0.6 is 0 Å². The molecule has 0 rings (SSSR count). The lowest BCUT2D eigenvalue weighted by Gasteiger charge is -2.45. The molecule has 0 saturated heterocycles. The van der Waals surface area contributed by atoms with E-state index in [2.05, 4.69) is 262 Å². The largest absolute Gasteiger partial charge is 0.440 e. The van der Waals surface area contributed by atoms with Crippen molar-refractivity contribution in [2.24, 2.45) is 0 Å². The quantitative estimate of drug-likeness (QED) is 0.0313. The van der Waals surface area contributed by atoms with Crippen LogP contribution in [0.15, 0.2) is 0 Å². The Hall–Kier alpha value is 4.42. The van der Waals surface area contributed by atoms with Crippen LogP contribution in [0.1, 0.15) is 0 Å². The maximum Gasteiger partial charge on any atom is 0.358 e. The monoisotopic (exact) mass is 1850 g/mol. The molecule has 0 radical (unpaired) electrons. The highest BCUT2D eigenvalue weighted by Gasteiger charge is 2.56. The van der Waals surface area contributed by atoms with Crippen molar-refractivity contribution in [2.45, 2.75) is 327 Å². The fraction of sp³-hybridized carbons (Fsp3) is 1.00. The van der Waals surface area contributed by atoms with Crippen molar-refractivity contribution in [2.75, 3.05) is 0 Å². The lowest BCUT2D eigenvalue weighted by molar-refractivity contribution is -0.132. The summed E-state index contributed by atoms with van der Waals surface area (Å²) in [6.07, 6.45) is 0. The predicted octanol–water partition coefficient (Wildman–Crippen LogP) is 17.4. The molecule has 0 fully saturated rings. The summed E-state index contributed by atoms with van der Waals surface area (Å²) in [6, 6.07) is 0. The van der Waals surface area contributed by atoms with Crippen LogP contribution in [0.25, 0.3) is 0 Å². The van der Waals surface area contributed by atoms with Gasteiger partial charge in [0.25, 0.3) is 0 Å². The molecule has 0 aliphatic carbocycles. The molecule has 0 atom stereocenters. The smallest absolute Gasteiger partial charge is 0.358 e. The van der Waals surface area contributed by atoms with Crippen molar-refractivity contribution < 1.29 is 104 Å². The van der Waals surface area contributed by atoms with Crippen LogP contribution in [0.5, 0.6) is 0 Å². The number of rotatable bonds is 49. The molecule has 0 heterocycles. The standard InChI is InChI=1S/C50H152O25Si25/c1-76(2)51-52-78(5,6)54-80(9,10)56-82(13,14)58-84(17,18)60-86(21,22)62-88(25,26)64-90(29,30)66-92(33,34)68-94(37,38)70-96(41,42)72-98(45,46)74-100(49,50)75-99(47,48)73-97(43,44)71-95(39,40)69-93(35,36)67-91(31,32)65-89(27,28)63-87(23,24)61-85(19,20)59-83(15,16)57-81(11,12)55-79(7,8)53-77(3)4/h76-77H,1-50H3. The van der Waals surface area contributed by atoms with Crippen LogP contribution in [0.3, 0.4) is 0 Å². The highest BCUT2D eigenvalue weighted by atomic mass is 28.6. The van der Waals surface area contributed by atoms with Gasteiger partial charge in [0, 0.05) is 0 Å². The van der Waals surface area contributed by atoms with Gasteiger partial charge in [-0.3, -0.25) is 9.15 Å². The van der Waals surface area contributed by atoms with Crippen molar-refractivity contribution in [3.63, 3.8) is 0 Å². The van der Waals surface area contributed by atoms with Crippen LogP contribution < -0.4 is 0 Å². The van der Waals surface area contributed by atoms with Gasteiger partial charge in [-0.2, -0.15) is 0 Å². The van der Waals surface area contributed by atoms with E-state index in [4.69, 9.17) is 104 Å². The third kappa shape index (κ3) is 48.5. The first kappa shape index (κ1) is 104. The Labute approximate surface area is 640 Å². The Morgan fingerprint density at radius 2 is 0.210 bits per heavy atom. The SMILES string of the molecule is C[SiH](C)OO[Si](C)(C)O[Si](C)(C)O[Si](C)(C)O[Si](C)(C)O[Si](C)(C)O[Si](C)(C)O[Si](C)(C)O[Si](C)(C)O[Si](C)(C)O[Si](C)(C)O[Si](C)(C)O[Si](C)(C)O[Si](C)(C)O[Si](C)(C)O[Si](C)(C)O[Si](C)(C)O[Si](C)(C)O[Si](C)(C)O[Si](C)(C)O[Si](C)(C)O[Si](C)(C)O[Si](C)(C)O[Si](C)(C)O[SiH](C)C. The van der Waals surface area contributed by atoms with Crippen molar-refractivity contribution in [3.8, 4) is 0 Å². The lowest BCUT2D eigenvalue weighted by atomic mass is 11.9. The fourth-order valence-electron chi connectivity index (χ4n) is 14.3. The van der Waals surface area contributed by atoms with Crippen molar-refractivity contribution in [3.05, 3.63) is 0 Å². The Balaban J connectivity index is 5.89. The molecular weight excluding hydrogens is 1700 g/mol. The number of hydrogen-bond donors (Lipinski definition) is 0. The van der Waals surface area contributed by atoms with Crippen molar-refractivity contribution in [1.29, 1.82) is 0 Å². The molecule has 0 aromatic heterocycles. The molecule has 0 bridgehead atoms. The van der Waals surface area contributed by atoms with Crippen LogP contribution in [-0.4, -0.2) is 215 Å². The molecule has 0 spiro atoms. The van der Waals surface area contributed by atoms with Gasteiger partial charge in [-0.1, -0.05) is 0 Å². The van der Waals surface area contributed by atoms with Crippen LogP contribution in [0, 0.1) is 0 Å². The molecule has 0 aromatic rings. The molecular formula is C50H152O25Si25. The molecule has 0 aliphatic rings. The van der Waals surface area contributed by atoms with Gasteiger partial charge in [0.15, 0.2) is 9.04 Å². The van der Waals surface area contributed by atoms with Crippen molar-refractivity contribution >= 4 is 215 Å².